The van der Waals surface area contributed by atoms with Crippen LogP contribution in [0.5, 0.6) is 11.5 Å². The third kappa shape index (κ3) is 4.27. The highest BCUT2D eigenvalue weighted by Crippen LogP contribution is 2.31. The standard InChI is InChI=1S/C18H19Br2N3O2/c1-25-17-5-3-2-4-16(17)22-6-8-23(9-7-22)21-12-13-10-14(19)11-15(20)18(13)24/h2-5,10-12,24H,6-9H2,1H3. The zero-order valence-electron chi connectivity index (χ0n) is 13.8. The summed E-state index contributed by atoms with van der Waals surface area (Å²) in [7, 11) is 1.70. The molecule has 132 valence electrons. The molecule has 1 saturated heterocycles. The molecule has 0 unspecified atom stereocenters. The molecule has 1 fully saturated rings. The van der Waals surface area contributed by atoms with Crippen molar-refractivity contribution >= 4 is 43.8 Å². The Morgan fingerprint density at radius 1 is 1.12 bits per heavy atom. The molecule has 2 aromatic rings. The van der Waals surface area contributed by atoms with E-state index in [0.29, 0.717) is 10.0 Å². The Kier molecular flexibility index (Phi) is 5.86. The van der Waals surface area contributed by atoms with Crippen molar-refractivity contribution in [2.24, 2.45) is 5.10 Å². The number of para-hydroxylation sites is 2. The van der Waals surface area contributed by atoms with Gasteiger partial charge < -0.3 is 14.7 Å². The number of phenolic OH excluding ortho intramolecular Hbond substituents is 1. The van der Waals surface area contributed by atoms with Crippen molar-refractivity contribution in [2.45, 2.75) is 0 Å². The normalized spacial score (nSPS) is 15.0. The Labute approximate surface area is 164 Å². The Morgan fingerprint density at radius 3 is 2.56 bits per heavy atom. The smallest absolute Gasteiger partial charge is 0.142 e. The maximum Gasteiger partial charge on any atom is 0.142 e. The van der Waals surface area contributed by atoms with Crippen LogP contribution in [0.2, 0.25) is 0 Å². The first-order valence-electron chi connectivity index (χ1n) is 7.93. The molecule has 1 heterocycles. The second-order valence-corrected chi connectivity index (χ2v) is 7.45. The third-order valence-electron chi connectivity index (χ3n) is 4.10. The number of phenols is 1. The number of benzene rings is 2. The van der Waals surface area contributed by atoms with Gasteiger partial charge in [-0.2, -0.15) is 5.10 Å². The summed E-state index contributed by atoms with van der Waals surface area (Å²) in [4.78, 5) is 2.30. The van der Waals surface area contributed by atoms with Crippen LogP contribution in [-0.4, -0.2) is 49.6 Å². The molecular formula is C18H19Br2N3O2. The predicted molar refractivity (Wildman–Crippen MR) is 108 cm³/mol. The van der Waals surface area contributed by atoms with Crippen molar-refractivity contribution in [3.63, 3.8) is 0 Å². The summed E-state index contributed by atoms with van der Waals surface area (Å²) in [6, 6.07) is 11.7. The number of nitrogens with zero attached hydrogens (tertiary/aromatic N) is 3. The summed E-state index contributed by atoms with van der Waals surface area (Å²) in [5.74, 6) is 1.09. The lowest BCUT2D eigenvalue weighted by atomic mass is 10.2. The van der Waals surface area contributed by atoms with Crippen molar-refractivity contribution in [1.29, 1.82) is 0 Å². The van der Waals surface area contributed by atoms with E-state index in [2.05, 4.69) is 47.9 Å². The fraction of sp³-hybridized carbons (Fsp3) is 0.278. The molecular weight excluding hydrogens is 450 g/mol. The van der Waals surface area contributed by atoms with Crippen LogP contribution in [0.3, 0.4) is 0 Å². The summed E-state index contributed by atoms with van der Waals surface area (Å²) in [5, 5.41) is 16.6. The first-order valence-corrected chi connectivity index (χ1v) is 9.52. The van der Waals surface area contributed by atoms with Gasteiger partial charge in [-0.15, -0.1) is 0 Å². The van der Waals surface area contributed by atoms with Crippen LogP contribution in [-0.2, 0) is 0 Å². The van der Waals surface area contributed by atoms with Crippen LogP contribution in [0.25, 0.3) is 0 Å². The first kappa shape index (κ1) is 18.1. The number of hydrogen-bond acceptors (Lipinski definition) is 5. The number of ether oxygens (including phenoxy) is 1. The highest BCUT2D eigenvalue weighted by Gasteiger charge is 2.18. The molecule has 0 aromatic heterocycles. The molecule has 0 amide bonds. The zero-order valence-corrected chi connectivity index (χ0v) is 17.0. The largest absolute Gasteiger partial charge is 0.506 e. The number of piperazine rings is 1. The van der Waals surface area contributed by atoms with Crippen LogP contribution in [0.4, 0.5) is 5.69 Å². The van der Waals surface area contributed by atoms with Crippen molar-refractivity contribution in [2.75, 3.05) is 38.2 Å². The second-order valence-electron chi connectivity index (χ2n) is 5.68. The van der Waals surface area contributed by atoms with Gasteiger partial charge in [-0.3, -0.25) is 5.01 Å². The van der Waals surface area contributed by atoms with Crippen molar-refractivity contribution in [3.05, 3.63) is 50.9 Å². The van der Waals surface area contributed by atoms with Gasteiger partial charge in [0.05, 0.1) is 36.6 Å². The first-order chi connectivity index (χ1) is 12.1. The van der Waals surface area contributed by atoms with Crippen LogP contribution in [0.15, 0.2) is 50.4 Å². The highest BCUT2D eigenvalue weighted by atomic mass is 79.9. The molecule has 2 aromatic carbocycles. The van der Waals surface area contributed by atoms with Gasteiger partial charge in [0.1, 0.15) is 11.5 Å². The summed E-state index contributed by atoms with van der Waals surface area (Å²) < 4.78 is 6.98. The summed E-state index contributed by atoms with van der Waals surface area (Å²) in [5.41, 5.74) is 1.79. The number of hydrogen-bond donors (Lipinski definition) is 1. The number of rotatable bonds is 4. The quantitative estimate of drug-likeness (QED) is 0.686. The lowest BCUT2D eigenvalue weighted by molar-refractivity contribution is 0.271. The minimum absolute atomic E-state index is 0.194. The lowest BCUT2D eigenvalue weighted by Crippen LogP contribution is -2.44. The Morgan fingerprint density at radius 2 is 1.84 bits per heavy atom. The van der Waals surface area contributed by atoms with E-state index in [9.17, 15) is 5.11 Å². The van der Waals surface area contributed by atoms with E-state index in [0.717, 1.165) is 42.1 Å². The Bertz CT molecular complexity index is 775. The lowest BCUT2D eigenvalue weighted by Gasteiger charge is -2.35. The number of anilines is 1. The molecule has 0 spiro atoms. The van der Waals surface area contributed by atoms with Crippen LogP contribution >= 0.6 is 31.9 Å². The molecule has 1 aliphatic rings. The molecule has 0 radical (unpaired) electrons. The topological polar surface area (TPSA) is 48.3 Å². The van der Waals surface area contributed by atoms with E-state index in [1.807, 2.05) is 29.3 Å². The van der Waals surface area contributed by atoms with Crippen LogP contribution in [0.1, 0.15) is 5.56 Å². The van der Waals surface area contributed by atoms with Crippen molar-refractivity contribution in [3.8, 4) is 11.5 Å². The second kappa shape index (κ2) is 8.10. The van der Waals surface area contributed by atoms with Gasteiger partial charge in [0.15, 0.2) is 0 Å². The summed E-state index contributed by atoms with van der Waals surface area (Å²) >= 11 is 6.76. The highest BCUT2D eigenvalue weighted by molar-refractivity contribution is 9.11. The molecule has 1 aliphatic heterocycles. The summed E-state index contributed by atoms with van der Waals surface area (Å²) in [6.07, 6.45) is 1.70. The van der Waals surface area contributed by atoms with Gasteiger partial charge in [0, 0.05) is 23.1 Å². The van der Waals surface area contributed by atoms with E-state index in [-0.39, 0.29) is 5.75 Å². The van der Waals surface area contributed by atoms with Gasteiger partial charge in [-0.25, -0.2) is 0 Å². The molecule has 5 nitrogen and oxygen atoms in total. The fourth-order valence-corrected chi connectivity index (χ4v) is 4.03. The molecule has 0 bridgehead atoms. The molecule has 0 atom stereocenters. The van der Waals surface area contributed by atoms with E-state index < -0.39 is 0 Å². The number of hydrazone groups is 1. The van der Waals surface area contributed by atoms with E-state index in [1.54, 1.807) is 19.4 Å². The molecule has 0 aliphatic carbocycles. The van der Waals surface area contributed by atoms with Crippen molar-refractivity contribution in [1.82, 2.24) is 5.01 Å². The average molecular weight is 469 g/mol. The van der Waals surface area contributed by atoms with Gasteiger partial charge in [0.25, 0.3) is 0 Å². The van der Waals surface area contributed by atoms with Gasteiger partial charge in [-0.05, 0) is 40.2 Å². The van der Waals surface area contributed by atoms with Gasteiger partial charge in [-0.1, -0.05) is 28.1 Å². The van der Waals surface area contributed by atoms with E-state index in [1.165, 1.54) is 0 Å². The Balaban J connectivity index is 1.65. The molecule has 7 heteroatoms. The fourth-order valence-electron chi connectivity index (χ4n) is 2.77. The molecule has 0 saturated carbocycles. The maximum atomic E-state index is 10.1. The van der Waals surface area contributed by atoms with Gasteiger partial charge >= 0.3 is 0 Å². The maximum absolute atomic E-state index is 10.1. The van der Waals surface area contributed by atoms with E-state index >= 15 is 0 Å². The number of methoxy groups -OCH3 is 1. The third-order valence-corrected chi connectivity index (χ3v) is 5.16. The SMILES string of the molecule is COc1ccccc1N1CCN(N=Cc2cc(Br)cc(Br)c2O)CC1. The summed E-state index contributed by atoms with van der Waals surface area (Å²) in [6.45, 7) is 3.35. The Hall–Kier alpha value is -1.73. The average Bonchev–Trinajstić information content (AvgIpc) is 2.64. The monoisotopic (exact) mass is 467 g/mol. The number of aromatic hydroxyl groups is 1. The molecule has 3 rings (SSSR count). The van der Waals surface area contributed by atoms with Crippen molar-refractivity contribution < 1.29 is 9.84 Å². The predicted octanol–water partition coefficient (Wildman–Crippen LogP) is 4.08. The molecule has 1 N–H and O–H groups in total. The number of halogens is 2. The van der Waals surface area contributed by atoms with Crippen LogP contribution < -0.4 is 9.64 Å². The van der Waals surface area contributed by atoms with Crippen LogP contribution in [0, 0.1) is 0 Å². The minimum atomic E-state index is 0.194. The van der Waals surface area contributed by atoms with Gasteiger partial charge in [0.2, 0.25) is 0 Å². The minimum Gasteiger partial charge on any atom is -0.506 e. The zero-order chi connectivity index (χ0) is 17.8. The van der Waals surface area contributed by atoms with E-state index in [4.69, 9.17) is 4.74 Å². The molecule has 25 heavy (non-hydrogen) atoms.